The van der Waals surface area contributed by atoms with Crippen molar-refractivity contribution in [2.24, 2.45) is 0 Å². The molecule has 0 saturated carbocycles. The molecule has 0 heterocycles. The van der Waals surface area contributed by atoms with Gasteiger partial charge in [-0.05, 0) is 62.0 Å². The van der Waals surface area contributed by atoms with Gasteiger partial charge in [-0.1, -0.05) is 114 Å². The number of phenols is 2. The molecule has 0 aliphatic carbocycles. The van der Waals surface area contributed by atoms with Crippen LogP contribution in [0.4, 0.5) is 0 Å². The van der Waals surface area contributed by atoms with Crippen LogP contribution < -0.4 is 0 Å². The van der Waals surface area contributed by atoms with E-state index in [9.17, 15) is 15.0 Å². The predicted octanol–water partition coefficient (Wildman–Crippen LogP) is 8.55. The molecule has 2 rings (SSSR count). The summed E-state index contributed by atoms with van der Waals surface area (Å²) in [5.41, 5.74) is 3.27. The minimum atomic E-state index is -0.770. The van der Waals surface area contributed by atoms with Crippen LogP contribution in [0.2, 0.25) is 0 Å². The zero-order valence-corrected chi connectivity index (χ0v) is 26.4. The summed E-state index contributed by atoms with van der Waals surface area (Å²) in [4.78, 5) is 13.1. The fraction of sp³-hybridized carbons (Fsp3) is 0.618. The third kappa shape index (κ3) is 6.55. The number of ether oxygens (including phenoxy) is 1. The van der Waals surface area contributed by atoms with Crippen molar-refractivity contribution in [1.29, 1.82) is 0 Å². The Bertz CT molecular complexity index is 1020. The molecule has 2 aromatic rings. The summed E-state index contributed by atoms with van der Waals surface area (Å²) in [6, 6.07) is 8.24. The smallest absolute Gasteiger partial charge is 0.307 e. The molecule has 0 atom stereocenters. The maximum absolute atomic E-state index is 13.1. The van der Waals surface area contributed by atoms with Gasteiger partial charge in [0.25, 0.3) is 0 Å². The van der Waals surface area contributed by atoms with Crippen LogP contribution in [0.15, 0.2) is 24.3 Å². The molecular weight excluding hydrogens is 472 g/mol. The average Bonchev–Trinajstić information content (AvgIpc) is 2.70. The molecule has 0 unspecified atom stereocenters. The first-order valence-corrected chi connectivity index (χ1v) is 13.9. The highest BCUT2D eigenvalue weighted by atomic mass is 16.5. The molecule has 0 aromatic heterocycles. The highest BCUT2D eigenvalue weighted by Crippen LogP contribution is 2.48. The fourth-order valence-corrected chi connectivity index (χ4v) is 5.06. The van der Waals surface area contributed by atoms with E-state index in [0.29, 0.717) is 18.1 Å². The summed E-state index contributed by atoms with van der Waals surface area (Å²) < 4.78 is 5.48. The van der Waals surface area contributed by atoms with Crippen molar-refractivity contribution in [2.75, 3.05) is 6.61 Å². The summed E-state index contributed by atoms with van der Waals surface area (Å²) in [7, 11) is 0. The van der Waals surface area contributed by atoms with Crippen LogP contribution in [-0.2, 0) is 36.6 Å². The van der Waals surface area contributed by atoms with Gasteiger partial charge >= 0.3 is 5.97 Å². The first-order valence-electron chi connectivity index (χ1n) is 13.9. The molecule has 2 N–H and O–H groups in total. The Morgan fingerprint density at radius 3 is 1.08 bits per heavy atom. The topological polar surface area (TPSA) is 66.8 Å². The second kappa shape index (κ2) is 10.2. The van der Waals surface area contributed by atoms with Crippen molar-refractivity contribution in [3.63, 3.8) is 0 Å². The third-order valence-corrected chi connectivity index (χ3v) is 7.53. The molecule has 38 heavy (non-hydrogen) atoms. The van der Waals surface area contributed by atoms with Crippen LogP contribution in [0.5, 0.6) is 11.5 Å². The second-order valence-corrected chi connectivity index (χ2v) is 15.2. The lowest BCUT2D eigenvalue weighted by Crippen LogP contribution is -2.31. The van der Waals surface area contributed by atoms with Crippen LogP contribution >= 0.6 is 0 Å². The molecule has 4 nitrogen and oxygen atoms in total. The Balaban J connectivity index is 3.12. The van der Waals surface area contributed by atoms with E-state index in [-0.39, 0.29) is 34.1 Å². The van der Waals surface area contributed by atoms with Crippen molar-refractivity contribution < 1.29 is 19.7 Å². The molecular formula is C34H52O4. The Hall–Kier alpha value is -2.49. The van der Waals surface area contributed by atoms with Gasteiger partial charge in [0.05, 0.1) is 13.0 Å². The molecule has 0 radical (unpaired) electrons. The maximum Gasteiger partial charge on any atom is 0.307 e. The SMILES string of the molecule is CCOC(=O)CC(C)(c1cc(C(C)(C)C)c(O)c(C(C)(C)C)c1)c1cc(C(C)(C)C)c(O)c(C(C)(C)C)c1. The van der Waals surface area contributed by atoms with E-state index >= 15 is 0 Å². The quantitative estimate of drug-likeness (QED) is 0.385. The summed E-state index contributed by atoms with van der Waals surface area (Å²) in [6.45, 7) is 29.3. The predicted molar refractivity (Wildman–Crippen MR) is 159 cm³/mol. The lowest BCUT2D eigenvalue weighted by molar-refractivity contribution is -0.144. The average molecular weight is 525 g/mol. The monoisotopic (exact) mass is 524 g/mol. The number of phenolic OH excluding ortho intramolecular Hbond substituents is 2. The van der Waals surface area contributed by atoms with Crippen LogP contribution in [-0.4, -0.2) is 22.8 Å². The summed E-state index contributed by atoms with van der Waals surface area (Å²) in [5.74, 6) is 0.341. The number of carbonyl (C=O) groups is 1. The van der Waals surface area contributed by atoms with Gasteiger partial charge in [-0.15, -0.1) is 0 Å². The molecule has 0 aliphatic rings. The first-order chi connectivity index (χ1) is 16.9. The van der Waals surface area contributed by atoms with E-state index in [1.54, 1.807) is 0 Å². The Morgan fingerprint density at radius 2 is 0.868 bits per heavy atom. The number of aromatic hydroxyl groups is 2. The molecule has 212 valence electrons. The van der Waals surface area contributed by atoms with Gasteiger partial charge in [0.15, 0.2) is 0 Å². The molecule has 0 spiro atoms. The van der Waals surface area contributed by atoms with Gasteiger partial charge in [0.2, 0.25) is 0 Å². The zero-order valence-electron chi connectivity index (χ0n) is 26.4. The van der Waals surface area contributed by atoms with Crippen LogP contribution in [0.1, 0.15) is 137 Å². The number of esters is 1. The minimum Gasteiger partial charge on any atom is -0.507 e. The molecule has 0 bridgehead atoms. The van der Waals surface area contributed by atoms with Crippen LogP contribution in [0.3, 0.4) is 0 Å². The Morgan fingerprint density at radius 1 is 0.605 bits per heavy atom. The van der Waals surface area contributed by atoms with E-state index in [2.05, 4.69) is 114 Å². The summed E-state index contributed by atoms with van der Waals surface area (Å²) >= 11 is 0. The molecule has 4 heteroatoms. The van der Waals surface area contributed by atoms with Crippen molar-refractivity contribution in [1.82, 2.24) is 0 Å². The van der Waals surface area contributed by atoms with Gasteiger partial charge in [-0.2, -0.15) is 0 Å². The summed E-state index contributed by atoms with van der Waals surface area (Å²) in [6.07, 6.45) is 0.136. The maximum atomic E-state index is 13.1. The molecule has 0 saturated heterocycles. The van der Waals surface area contributed by atoms with E-state index < -0.39 is 5.41 Å². The number of rotatable bonds is 5. The number of carbonyl (C=O) groups excluding carboxylic acids is 1. The minimum absolute atomic E-state index is 0.136. The highest BCUT2D eigenvalue weighted by Gasteiger charge is 2.39. The number of benzene rings is 2. The van der Waals surface area contributed by atoms with E-state index in [0.717, 1.165) is 33.4 Å². The zero-order chi connectivity index (χ0) is 29.6. The normalized spacial score (nSPS) is 13.5. The van der Waals surface area contributed by atoms with E-state index in [4.69, 9.17) is 4.74 Å². The lowest BCUT2D eigenvalue weighted by Gasteiger charge is -2.37. The molecule has 0 aliphatic heterocycles. The first kappa shape index (κ1) is 31.7. The molecule has 2 aromatic carbocycles. The van der Waals surface area contributed by atoms with E-state index in [1.807, 2.05) is 6.92 Å². The van der Waals surface area contributed by atoms with Crippen molar-refractivity contribution in [3.8, 4) is 11.5 Å². The molecule has 0 amide bonds. The Labute approximate surface area is 231 Å². The third-order valence-electron chi connectivity index (χ3n) is 7.53. The number of hydrogen-bond donors (Lipinski definition) is 2. The van der Waals surface area contributed by atoms with Crippen molar-refractivity contribution >= 4 is 5.97 Å². The van der Waals surface area contributed by atoms with E-state index in [1.165, 1.54) is 0 Å². The highest BCUT2D eigenvalue weighted by molar-refractivity contribution is 5.73. The van der Waals surface area contributed by atoms with Gasteiger partial charge < -0.3 is 14.9 Å². The largest absolute Gasteiger partial charge is 0.507 e. The van der Waals surface area contributed by atoms with Crippen LogP contribution in [0, 0.1) is 0 Å². The van der Waals surface area contributed by atoms with Crippen molar-refractivity contribution in [3.05, 3.63) is 57.6 Å². The Kier molecular flexibility index (Phi) is 8.55. The second-order valence-electron chi connectivity index (χ2n) is 15.2. The van der Waals surface area contributed by atoms with Crippen LogP contribution in [0.25, 0.3) is 0 Å². The molecule has 0 fully saturated rings. The van der Waals surface area contributed by atoms with Gasteiger partial charge in [0, 0.05) is 5.41 Å². The fourth-order valence-electron chi connectivity index (χ4n) is 5.06. The number of hydrogen-bond acceptors (Lipinski definition) is 4. The van der Waals surface area contributed by atoms with Gasteiger partial charge in [-0.3, -0.25) is 4.79 Å². The van der Waals surface area contributed by atoms with Gasteiger partial charge in [-0.25, -0.2) is 0 Å². The summed E-state index contributed by atoms with van der Waals surface area (Å²) in [5, 5.41) is 22.8. The van der Waals surface area contributed by atoms with Gasteiger partial charge in [0.1, 0.15) is 11.5 Å². The lowest BCUT2D eigenvalue weighted by atomic mass is 9.67. The van der Waals surface area contributed by atoms with Crippen molar-refractivity contribution in [2.45, 2.75) is 130 Å². The standard InChI is InChI=1S/C34H52O4/c1-15-38-27(35)20-34(14,21-16-23(30(2,3)4)28(36)24(17-21)31(5,6)7)22-18-25(32(8,9)10)29(37)26(19-22)33(11,12)13/h16-19,36-37H,15,20H2,1-14H3.